The minimum Gasteiger partial charge on any atom is -0.354 e. The van der Waals surface area contributed by atoms with E-state index in [9.17, 15) is 4.79 Å². The van der Waals surface area contributed by atoms with E-state index in [0.29, 0.717) is 28.6 Å². The Bertz CT molecular complexity index is 917. The quantitative estimate of drug-likeness (QED) is 0.616. The van der Waals surface area contributed by atoms with Gasteiger partial charge in [-0.15, -0.1) is 11.3 Å². The fourth-order valence-corrected chi connectivity index (χ4v) is 3.74. The van der Waals surface area contributed by atoms with Gasteiger partial charge in [-0.3, -0.25) is 14.5 Å². The summed E-state index contributed by atoms with van der Waals surface area (Å²) < 4.78 is 2.18. The van der Waals surface area contributed by atoms with E-state index in [1.165, 1.54) is 0 Å². The molecule has 0 bridgehead atoms. The molecule has 1 aromatic carbocycles. The van der Waals surface area contributed by atoms with Crippen molar-refractivity contribution in [2.24, 2.45) is 0 Å². The van der Waals surface area contributed by atoms with E-state index < -0.39 is 6.04 Å². The van der Waals surface area contributed by atoms with E-state index in [-0.39, 0.29) is 5.91 Å². The maximum atomic E-state index is 12.5. The third kappa shape index (κ3) is 4.18. The standard InChI is InChI=1S/C17H17ClN4OS2/c1-11(16(23)19-8-7-12-4-2-5-13(18)10-12)22-15(20-21-17(22)24)14-6-3-9-25-14/h2-6,9-11H,7-8H2,1H3,(H,19,23)(H,21,24)/t11-/m0/s1. The second-order valence-electron chi connectivity index (χ2n) is 5.55. The van der Waals surface area contributed by atoms with E-state index >= 15 is 0 Å². The van der Waals surface area contributed by atoms with Crippen molar-refractivity contribution in [3.63, 3.8) is 0 Å². The Labute approximate surface area is 159 Å². The number of aromatic amines is 1. The highest BCUT2D eigenvalue weighted by Gasteiger charge is 2.20. The summed E-state index contributed by atoms with van der Waals surface area (Å²) in [5.41, 5.74) is 1.08. The summed E-state index contributed by atoms with van der Waals surface area (Å²) in [6.45, 7) is 2.35. The van der Waals surface area contributed by atoms with Gasteiger partial charge in [-0.2, -0.15) is 5.10 Å². The maximum absolute atomic E-state index is 12.5. The van der Waals surface area contributed by atoms with Crippen LogP contribution in [0.5, 0.6) is 0 Å². The summed E-state index contributed by atoms with van der Waals surface area (Å²) in [6, 6.07) is 11.1. The van der Waals surface area contributed by atoms with Gasteiger partial charge in [0, 0.05) is 11.6 Å². The molecule has 8 heteroatoms. The van der Waals surface area contributed by atoms with Gasteiger partial charge in [0.05, 0.1) is 4.88 Å². The van der Waals surface area contributed by atoms with Gasteiger partial charge in [0.25, 0.3) is 0 Å². The van der Waals surface area contributed by atoms with Crippen molar-refractivity contribution in [1.29, 1.82) is 0 Å². The molecule has 5 nitrogen and oxygen atoms in total. The van der Waals surface area contributed by atoms with Gasteiger partial charge in [0.2, 0.25) is 5.91 Å². The zero-order valence-corrected chi connectivity index (χ0v) is 15.9. The molecule has 0 saturated carbocycles. The van der Waals surface area contributed by atoms with Crippen LogP contribution >= 0.6 is 35.2 Å². The number of aromatic nitrogens is 3. The predicted molar refractivity (Wildman–Crippen MR) is 104 cm³/mol. The molecule has 1 amide bonds. The van der Waals surface area contributed by atoms with E-state index in [1.54, 1.807) is 15.9 Å². The van der Waals surface area contributed by atoms with Crippen LogP contribution in [0.25, 0.3) is 10.7 Å². The average Bonchev–Trinajstić information content (AvgIpc) is 3.23. The van der Waals surface area contributed by atoms with Gasteiger partial charge >= 0.3 is 0 Å². The molecule has 25 heavy (non-hydrogen) atoms. The first-order chi connectivity index (χ1) is 12.1. The first-order valence-corrected chi connectivity index (χ1v) is 9.46. The first kappa shape index (κ1) is 17.8. The number of halogens is 1. The highest BCUT2D eigenvalue weighted by atomic mass is 35.5. The summed E-state index contributed by atoms with van der Waals surface area (Å²) in [6.07, 6.45) is 0.716. The zero-order chi connectivity index (χ0) is 17.8. The molecular formula is C17H17ClN4OS2. The molecule has 3 rings (SSSR count). The molecule has 0 unspecified atom stereocenters. The molecule has 130 valence electrons. The fraction of sp³-hybridized carbons (Fsp3) is 0.235. The topological polar surface area (TPSA) is 62.7 Å². The normalized spacial score (nSPS) is 12.1. The third-order valence-corrected chi connectivity index (χ3v) is 5.20. The SMILES string of the molecule is C[C@@H](C(=O)NCCc1cccc(Cl)c1)n1c(-c2cccs2)n[nH]c1=S. The fourth-order valence-electron chi connectivity index (χ4n) is 2.53. The Hall–Kier alpha value is -1.96. The number of carbonyl (C=O) groups excluding carboxylic acids is 1. The van der Waals surface area contributed by atoms with Gasteiger partial charge in [0.1, 0.15) is 6.04 Å². The lowest BCUT2D eigenvalue weighted by Gasteiger charge is -2.15. The largest absolute Gasteiger partial charge is 0.354 e. The predicted octanol–water partition coefficient (Wildman–Crippen LogP) is 4.24. The number of thiophene rings is 1. The number of hydrogen-bond donors (Lipinski definition) is 2. The highest BCUT2D eigenvalue weighted by Crippen LogP contribution is 2.25. The van der Waals surface area contributed by atoms with Crippen LogP contribution in [0.2, 0.25) is 5.02 Å². The number of benzene rings is 1. The van der Waals surface area contributed by atoms with Gasteiger partial charge in [0.15, 0.2) is 10.6 Å². The Morgan fingerprint density at radius 2 is 2.28 bits per heavy atom. The minimum absolute atomic E-state index is 0.0997. The van der Waals surface area contributed by atoms with Crippen molar-refractivity contribution >= 4 is 41.1 Å². The van der Waals surface area contributed by atoms with Gasteiger partial charge in [-0.1, -0.05) is 29.8 Å². The van der Waals surface area contributed by atoms with Crippen LogP contribution in [0.15, 0.2) is 41.8 Å². The molecule has 0 saturated heterocycles. The van der Waals surface area contributed by atoms with E-state index in [4.69, 9.17) is 23.8 Å². The third-order valence-electron chi connectivity index (χ3n) is 3.81. The molecule has 2 heterocycles. The molecule has 0 fully saturated rings. The maximum Gasteiger partial charge on any atom is 0.242 e. The summed E-state index contributed by atoms with van der Waals surface area (Å²) in [4.78, 5) is 13.5. The monoisotopic (exact) mass is 392 g/mol. The van der Waals surface area contributed by atoms with Crippen molar-refractivity contribution in [2.75, 3.05) is 6.54 Å². The molecular weight excluding hydrogens is 376 g/mol. The van der Waals surface area contributed by atoms with E-state index in [2.05, 4.69) is 15.5 Å². The van der Waals surface area contributed by atoms with Gasteiger partial charge < -0.3 is 5.32 Å². The Morgan fingerprint density at radius 3 is 3.00 bits per heavy atom. The zero-order valence-electron chi connectivity index (χ0n) is 13.5. The lowest BCUT2D eigenvalue weighted by molar-refractivity contribution is -0.123. The Balaban J connectivity index is 1.67. The number of H-pyrrole nitrogens is 1. The molecule has 0 spiro atoms. The van der Waals surface area contributed by atoms with Crippen LogP contribution in [-0.4, -0.2) is 27.2 Å². The molecule has 3 aromatic rings. The van der Waals surface area contributed by atoms with Crippen LogP contribution in [0, 0.1) is 4.77 Å². The molecule has 0 radical (unpaired) electrons. The molecule has 0 aliphatic carbocycles. The lowest BCUT2D eigenvalue weighted by atomic mass is 10.1. The molecule has 0 aliphatic heterocycles. The molecule has 0 aliphatic rings. The van der Waals surface area contributed by atoms with Crippen molar-refractivity contribution < 1.29 is 4.79 Å². The number of hydrogen-bond acceptors (Lipinski definition) is 4. The molecule has 1 atom stereocenters. The Kier molecular flexibility index (Phi) is 5.67. The van der Waals surface area contributed by atoms with Gasteiger partial charge in [-0.05, 0) is 54.7 Å². The van der Waals surface area contributed by atoms with Crippen molar-refractivity contribution in [3.05, 3.63) is 57.1 Å². The summed E-state index contributed by atoms with van der Waals surface area (Å²) in [5.74, 6) is 0.579. The number of nitrogens with one attached hydrogen (secondary N) is 2. The summed E-state index contributed by atoms with van der Waals surface area (Å²) in [5, 5.41) is 12.7. The van der Waals surface area contributed by atoms with E-state index in [1.807, 2.05) is 48.7 Å². The van der Waals surface area contributed by atoms with Crippen LogP contribution in [0.3, 0.4) is 0 Å². The number of nitrogens with zero attached hydrogens (tertiary/aromatic N) is 2. The lowest BCUT2D eigenvalue weighted by Crippen LogP contribution is -2.32. The second kappa shape index (κ2) is 7.95. The average molecular weight is 393 g/mol. The van der Waals surface area contributed by atoms with Crippen LogP contribution in [-0.2, 0) is 11.2 Å². The van der Waals surface area contributed by atoms with Crippen LogP contribution < -0.4 is 5.32 Å². The smallest absolute Gasteiger partial charge is 0.242 e. The van der Waals surface area contributed by atoms with Crippen LogP contribution in [0.4, 0.5) is 0 Å². The number of carbonyl (C=O) groups is 1. The second-order valence-corrected chi connectivity index (χ2v) is 7.32. The summed E-state index contributed by atoms with van der Waals surface area (Å²) >= 11 is 12.8. The number of amides is 1. The minimum atomic E-state index is -0.456. The first-order valence-electron chi connectivity index (χ1n) is 7.79. The highest BCUT2D eigenvalue weighted by molar-refractivity contribution is 7.71. The van der Waals surface area contributed by atoms with Crippen molar-refractivity contribution in [1.82, 2.24) is 20.1 Å². The summed E-state index contributed by atoms with van der Waals surface area (Å²) in [7, 11) is 0. The van der Waals surface area contributed by atoms with Crippen molar-refractivity contribution in [2.45, 2.75) is 19.4 Å². The van der Waals surface area contributed by atoms with E-state index in [0.717, 1.165) is 10.4 Å². The molecule has 2 N–H and O–H groups in total. The number of rotatable bonds is 6. The Morgan fingerprint density at radius 1 is 1.44 bits per heavy atom. The van der Waals surface area contributed by atoms with Gasteiger partial charge in [-0.25, -0.2) is 0 Å². The van der Waals surface area contributed by atoms with Crippen molar-refractivity contribution in [3.8, 4) is 10.7 Å². The molecule has 2 aromatic heterocycles. The van der Waals surface area contributed by atoms with Crippen LogP contribution in [0.1, 0.15) is 18.5 Å².